The SMILES string of the molecule is CC(=O)C(Br)c1c(C)cccc1I. The molecular weight excluding hydrogens is 343 g/mol. The number of rotatable bonds is 2. The lowest BCUT2D eigenvalue weighted by atomic mass is 10.0. The summed E-state index contributed by atoms with van der Waals surface area (Å²) in [4.78, 5) is 11.0. The number of Topliss-reactive ketones (excluding diaryl/α,β-unsaturated/α-hetero) is 1. The lowest BCUT2D eigenvalue weighted by Gasteiger charge is -2.11. The van der Waals surface area contributed by atoms with Crippen molar-refractivity contribution in [2.45, 2.75) is 18.7 Å². The second kappa shape index (κ2) is 4.55. The van der Waals surface area contributed by atoms with Crippen molar-refractivity contribution < 1.29 is 4.79 Å². The van der Waals surface area contributed by atoms with Gasteiger partial charge in [-0.2, -0.15) is 0 Å². The molecule has 0 spiro atoms. The molecule has 0 aliphatic heterocycles. The first kappa shape index (κ1) is 11.2. The summed E-state index contributed by atoms with van der Waals surface area (Å²) in [5.74, 6) is 0.146. The highest BCUT2D eigenvalue weighted by Crippen LogP contribution is 2.30. The second-order valence-electron chi connectivity index (χ2n) is 2.94. The van der Waals surface area contributed by atoms with Gasteiger partial charge in [-0.15, -0.1) is 0 Å². The van der Waals surface area contributed by atoms with Gasteiger partial charge in [-0.3, -0.25) is 4.79 Å². The van der Waals surface area contributed by atoms with E-state index in [4.69, 9.17) is 0 Å². The van der Waals surface area contributed by atoms with Crippen molar-refractivity contribution in [3.05, 3.63) is 32.9 Å². The standard InChI is InChI=1S/C10H10BrIO/c1-6-4-3-5-8(12)9(6)10(11)7(2)13/h3-5,10H,1-2H3. The number of alkyl halides is 1. The fourth-order valence-electron chi connectivity index (χ4n) is 1.17. The number of benzene rings is 1. The molecular formula is C10H10BrIO. The predicted molar refractivity (Wildman–Crippen MR) is 66.2 cm³/mol. The summed E-state index contributed by atoms with van der Waals surface area (Å²) in [7, 11) is 0. The molecule has 0 amide bonds. The Bertz CT molecular complexity index is 315. The zero-order valence-corrected chi connectivity index (χ0v) is 11.2. The molecule has 0 N–H and O–H groups in total. The van der Waals surface area contributed by atoms with Crippen LogP contribution < -0.4 is 0 Å². The van der Waals surface area contributed by atoms with Crippen LogP contribution in [0, 0.1) is 10.5 Å². The van der Waals surface area contributed by atoms with Crippen molar-refractivity contribution in [3.8, 4) is 0 Å². The molecule has 13 heavy (non-hydrogen) atoms. The minimum absolute atomic E-state index is 0.146. The van der Waals surface area contributed by atoms with Gasteiger partial charge >= 0.3 is 0 Å². The van der Waals surface area contributed by atoms with Gasteiger partial charge in [0, 0.05) is 3.57 Å². The highest BCUT2D eigenvalue weighted by molar-refractivity contribution is 14.1. The summed E-state index contributed by atoms with van der Waals surface area (Å²) in [5, 5.41) is 0. The van der Waals surface area contributed by atoms with Crippen molar-refractivity contribution in [1.82, 2.24) is 0 Å². The second-order valence-corrected chi connectivity index (χ2v) is 5.02. The number of carbonyl (C=O) groups is 1. The van der Waals surface area contributed by atoms with Gasteiger partial charge in [0.2, 0.25) is 0 Å². The maximum Gasteiger partial charge on any atom is 0.147 e. The molecule has 0 heterocycles. The monoisotopic (exact) mass is 352 g/mol. The minimum atomic E-state index is -0.166. The van der Waals surface area contributed by atoms with Crippen molar-refractivity contribution in [2.75, 3.05) is 0 Å². The van der Waals surface area contributed by atoms with E-state index in [-0.39, 0.29) is 10.6 Å². The molecule has 1 nitrogen and oxygen atoms in total. The molecule has 1 unspecified atom stereocenters. The lowest BCUT2D eigenvalue weighted by Crippen LogP contribution is -2.05. The van der Waals surface area contributed by atoms with Crippen molar-refractivity contribution in [1.29, 1.82) is 0 Å². The topological polar surface area (TPSA) is 17.1 Å². The Morgan fingerprint density at radius 2 is 2.15 bits per heavy atom. The number of aryl methyl sites for hydroxylation is 1. The summed E-state index contributed by atoms with van der Waals surface area (Å²) >= 11 is 5.65. The molecule has 0 aliphatic carbocycles. The fourth-order valence-corrected chi connectivity index (χ4v) is 3.15. The van der Waals surface area contributed by atoms with Crippen molar-refractivity contribution in [2.24, 2.45) is 0 Å². The van der Waals surface area contributed by atoms with Gasteiger partial charge < -0.3 is 0 Å². The Balaban J connectivity index is 3.20. The smallest absolute Gasteiger partial charge is 0.147 e. The number of halogens is 2. The van der Waals surface area contributed by atoms with Gasteiger partial charge in [0.25, 0.3) is 0 Å². The Kier molecular flexibility index (Phi) is 3.91. The minimum Gasteiger partial charge on any atom is -0.298 e. The van der Waals surface area contributed by atoms with Crippen LogP contribution in [0.25, 0.3) is 0 Å². The zero-order chi connectivity index (χ0) is 10.0. The third-order valence-corrected chi connectivity index (χ3v) is 3.92. The van der Waals surface area contributed by atoms with E-state index in [0.717, 1.165) is 14.7 Å². The molecule has 0 bridgehead atoms. The van der Waals surface area contributed by atoms with Crippen LogP contribution in [0.3, 0.4) is 0 Å². The number of hydrogen-bond acceptors (Lipinski definition) is 1. The van der Waals surface area contributed by atoms with Gasteiger partial charge in [0.1, 0.15) is 5.78 Å². The first-order valence-corrected chi connectivity index (χ1v) is 5.93. The maximum atomic E-state index is 11.2. The van der Waals surface area contributed by atoms with Gasteiger partial charge in [-0.05, 0) is 53.6 Å². The number of hydrogen-bond donors (Lipinski definition) is 0. The van der Waals surface area contributed by atoms with Gasteiger partial charge in [-0.25, -0.2) is 0 Å². The molecule has 3 heteroatoms. The number of ketones is 1. The van der Waals surface area contributed by atoms with Crippen LogP contribution in [0.1, 0.15) is 22.9 Å². The van der Waals surface area contributed by atoms with Crippen molar-refractivity contribution in [3.63, 3.8) is 0 Å². The normalized spacial score (nSPS) is 12.6. The van der Waals surface area contributed by atoms with E-state index in [9.17, 15) is 4.79 Å². The summed E-state index contributed by atoms with van der Waals surface area (Å²) in [6, 6.07) is 6.04. The Morgan fingerprint density at radius 1 is 1.54 bits per heavy atom. The molecule has 70 valence electrons. The van der Waals surface area contributed by atoms with Crippen LogP contribution in [0.5, 0.6) is 0 Å². The first-order chi connectivity index (χ1) is 6.04. The van der Waals surface area contributed by atoms with Gasteiger partial charge in [-0.1, -0.05) is 28.1 Å². The van der Waals surface area contributed by atoms with Crippen LogP contribution in [-0.2, 0) is 4.79 Å². The molecule has 1 aromatic carbocycles. The van der Waals surface area contributed by atoms with E-state index in [2.05, 4.69) is 38.5 Å². The molecule has 0 radical (unpaired) electrons. The summed E-state index contributed by atoms with van der Waals surface area (Å²) in [6.07, 6.45) is 0. The molecule has 1 atom stereocenters. The van der Waals surface area contributed by atoms with Crippen LogP contribution in [0.2, 0.25) is 0 Å². The molecule has 1 aromatic rings. The molecule has 0 fully saturated rings. The Hall–Kier alpha value is 0.100. The molecule has 0 aliphatic rings. The van der Waals surface area contributed by atoms with Crippen LogP contribution >= 0.6 is 38.5 Å². The average Bonchev–Trinajstić information content (AvgIpc) is 2.03. The van der Waals surface area contributed by atoms with Crippen LogP contribution in [0.15, 0.2) is 18.2 Å². The largest absolute Gasteiger partial charge is 0.298 e. The highest BCUT2D eigenvalue weighted by atomic mass is 127. The first-order valence-electron chi connectivity index (χ1n) is 3.93. The molecule has 0 saturated carbocycles. The van der Waals surface area contributed by atoms with E-state index in [1.807, 2.05) is 25.1 Å². The average molecular weight is 353 g/mol. The van der Waals surface area contributed by atoms with E-state index < -0.39 is 0 Å². The van der Waals surface area contributed by atoms with Crippen molar-refractivity contribution >= 4 is 44.3 Å². The zero-order valence-electron chi connectivity index (χ0n) is 7.47. The third-order valence-electron chi connectivity index (χ3n) is 1.88. The van der Waals surface area contributed by atoms with E-state index in [1.165, 1.54) is 0 Å². The molecule has 0 aromatic heterocycles. The van der Waals surface area contributed by atoms with Gasteiger partial charge in [0.15, 0.2) is 0 Å². The van der Waals surface area contributed by atoms with Gasteiger partial charge in [0.05, 0.1) is 4.83 Å². The molecule has 1 rings (SSSR count). The third kappa shape index (κ3) is 2.53. The molecule has 0 saturated heterocycles. The highest BCUT2D eigenvalue weighted by Gasteiger charge is 2.17. The summed E-state index contributed by atoms with van der Waals surface area (Å²) in [5.41, 5.74) is 2.25. The van der Waals surface area contributed by atoms with E-state index >= 15 is 0 Å². The van der Waals surface area contributed by atoms with Crippen LogP contribution in [-0.4, -0.2) is 5.78 Å². The predicted octanol–water partition coefficient (Wildman–Crippen LogP) is 3.62. The van der Waals surface area contributed by atoms with Crippen LogP contribution in [0.4, 0.5) is 0 Å². The lowest BCUT2D eigenvalue weighted by molar-refractivity contribution is -0.116. The maximum absolute atomic E-state index is 11.2. The summed E-state index contributed by atoms with van der Waals surface area (Å²) in [6.45, 7) is 3.62. The Labute approximate surface area is 100 Å². The van der Waals surface area contributed by atoms with E-state index in [0.29, 0.717) is 0 Å². The fraction of sp³-hybridized carbons (Fsp3) is 0.300. The quantitative estimate of drug-likeness (QED) is 0.586. The summed E-state index contributed by atoms with van der Waals surface area (Å²) < 4.78 is 1.13. The number of carbonyl (C=O) groups excluding carboxylic acids is 1. The Morgan fingerprint density at radius 3 is 2.62 bits per heavy atom. The van der Waals surface area contributed by atoms with E-state index in [1.54, 1.807) is 6.92 Å².